The van der Waals surface area contributed by atoms with Crippen molar-refractivity contribution >= 4 is 11.6 Å². The highest BCUT2D eigenvalue weighted by Crippen LogP contribution is 2.25. The fraction of sp³-hybridized carbons (Fsp3) is 0.636. The van der Waals surface area contributed by atoms with Gasteiger partial charge < -0.3 is 15.7 Å². The second-order valence-corrected chi connectivity index (χ2v) is 4.09. The zero-order valence-corrected chi connectivity index (χ0v) is 10.8. The summed E-state index contributed by atoms with van der Waals surface area (Å²) in [6.07, 6.45) is -3.91. The number of aliphatic hydroxyl groups excluding tert-OH is 1. The van der Waals surface area contributed by atoms with Crippen LogP contribution in [-0.2, 0) is 6.42 Å². The number of nitrogens with two attached hydrogens (primary N) is 1. The lowest BCUT2D eigenvalue weighted by Crippen LogP contribution is -2.37. The molecule has 1 aromatic heterocycles. The predicted octanol–water partition coefficient (Wildman–Crippen LogP) is 1.29. The van der Waals surface area contributed by atoms with Gasteiger partial charge in [0.25, 0.3) is 0 Å². The van der Waals surface area contributed by atoms with Crippen molar-refractivity contribution in [2.45, 2.75) is 26.4 Å². The van der Waals surface area contributed by atoms with Crippen LogP contribution >= 0.6 is 0 Å². The molecular weight excluding hydrogens is 261 g/mol. The Balaban J connectivity index is 3.17. The molecule has 19 heavy (non-hydrogen) atoms. The minimum atomic E-state index is -4.38. The Morgan fingerprint density at radius 2 is 1.95 bits per heavy atom. The number of rotatable bonds is 5. The topological polar surface area (TPSA) is 75.3 Å². The van der Waals surface area contributed by atoms with Crippen molar-refractivity contribution in [1.29, 1.82) is 0 Å². The smallest absolute Gasteiger partial charge is 0.395 e. The largest absolute Gasteiger partial charge is 0.405 e. The summed E-state index contributed by atoms with van der Waals surface area (Å²) >= 11 is 0. The molecule has 1 heterocycles. The summed E-state index contributed by atoms with van der Waals surface area (Å²) < 4.78 is 37.6. The molecule has 1 rings (SSSR count). The predicted molar refractivity (Wildman–Crippen MR) is 65.9 cm³/mol. The zero-order chi connectivity index (χ0) is 14.6. The average Bonchev–Trinajstić information content (AvgIpc) is 2.30. The number of alkyl halides is 3. The van der Waals surface area contributed by atoms with Gasteiger partial charge in [-0.15, -0.1) is 0 Å². The highest BCUT2D eigenvalue weighted by Gasteiger charge is 2.32. The lowest BCUT2D eigenvalue weighted by Gasteiger charge is -2.26. The molecular formula is C11H17F3N4O. The molecule has 8 heteroatoms. The SMILES string of the molecule is CCc1nc(N)c(C)c(N(CCO)CC(F)(F)F)n1. The molecule has 108 valence electrons. The fourth-order valence-electron chi connectivity index (χ4n) is 1.63. The average molecular weight is 278 g/mol. The van der Waals surface area contributed by atoms with Crippen LogP contribution in [0.2, 0.25) is 0 Å². The number of nitrogen functional groups attached to an aromatic ring is 1. The maximum absolute atomic E-state index is 12.5. The molecule has 0 aliphatic carbocycles. The van der Waals surface area contributed by atoms with Crippen LogP contribution in [0.25, 0.3) is 0 Å². The van der Waals surface area contributed by atoms with Gasteiger partial charge in [-0.3, -0.25) is 0 Å². The molecule has 0 atom stereocenters. The van der Waals surface area contributed by atoms with Gasteiger partial charge in [0.1, 0.15) is 24.0 Å². The van der Waals surface area contributed by atoms with E-state index >= 15 is 0 Å². The van der Waals surface area contributed by atoms with E-state index in [0.29, 0.717) is 17.8 Å². The van der Waals surface area contributed by atoms with Gasteiger partial charge in [-0.25, -0.2) is 9.97 Å². The van der Waals surface area contributed by atoms with Crippen molar-refractivity contribution < 1.29 is 18.3 Å². The number of halogens is 3. The van der Waals surface area contributed by atoms with Crippen LogP contribution in [0, 0.1) is 6.92 Å². The monoisotopic (exact) mass is 278 g/mol. The number of aromatic nitrogens is 2. The van der Waals surface area contributed by atoms with E-state index in [2.05, 4.69) is 9.97 Å². The van der Waals surface area contributed by atoms with Crippen LogP contribution in [0.5, 0.6) is 0 Å². The van der Waals surface area contributed by atoms with Gasteiger partial charge in [0, 0.05) is 18.5 Å². The molecule has 0 spiro atoms. The van der Waals surface area contributed by atoms with Gasteiger partial charge in [-0.2, -0.15) is 13.2 Å². The molecule has 0 aliphatic heterocycles. The van der Waals surface area contributed by atoms with Crippen molar-refractivity contribution in [1.82, 2.24) is 9.97 Å². The summed E-state index contributed by atoms with van der Waals surface area (Å²) in [6, 6.07) is 0. The van der Waals surface area contributed by atoms with Crippen LogP contribution in [0.1, 0.15) is 18.3 Å². The molecule has 0 fully saturated rings. The summed E-state index contributed by atoms with van der Waals surface area (Å²) in [4.78, 5) is 9.03. The van der Waals surface area contributed by atoms with Crippen molar-refractivity contribution in [2.75, 3.05) is 30.3 Å². The third kappa shape index (κ3) is 4.23. The molecule has 0 saturated carbocycles. The molecule has 0 unspecified atom stereocenters. The lowest BCUT2D eigenvalue weighted by atomic mass is 10.2. The van der Waals surface area contributed by atoms with Crippen molar-refractivity contribution in [3.63, 3.8) is 0 Å². The van der Waals surface area contributed by atoms with E-state index in [9.17, 15) is 13.2 Å². The van der Waals surface area contributed by atoms with Crippen molar-refractivity contribution in [3.8, 4) is 0 Å². The maximum Gasteiger partial charge on any atom is 0.405 e. The molecule has 3 N–H and O–H groups in total. The fourth-order valence-corrected chi connectivity index (χ4v) is 1.63. The first kappa shape index (κ1) is 15.5. The first-order valence-corrected chi connectivity index (χ1v) is 5.84. The Hall–Kier alpha value is -1.57. The Morgan fingerprint density at radius 1 is 1.32 bits per heavy atom. The van der Waals surface area contributed by atoms with E-state index in [-0.39, 0.29) is 18.2 Å². The van der Waals surface area contributed by atoms with Crippen LogP contribution in [0.15, 0.2) is 0 Å². The van der Waals surface area contributed by atoms with Crippen molar-refractivity contribution in [3.05, 3.63) is 11.4 Å². The summed E-state index contributed by atoms with van der Waals surface area (Å²) in [6.45, 7) is 1.59. The Kier molecular flexibility index (Phi) is 4.93. The molecule has 0 aromatic carbocycles. The number of hydrogen-bond acceptors (Lipinski definition) is 5. The van der Waals surface area contributed by atoms with E-state index in [1.165, 1.54) is 0 Å². The molecule has 0 bridgehead atoms. The van der Waals surface area contributed by atoms with Gasteiger partial charge in [0.15, 0.2) is 0 Å². The van der Waals surface area contributed by atoms with E-state index in [1.807, 2.05) is 0 Å². The summed E-state index contributed by atoms with van der Waals surface area (Å²) in [5, 5.41) is 8.90. The van der Waals surface area contributed by atoms with E-state index in [0.717, 1.165) is 4.90 Å². The number of nitrogens with zero attached hydrogens (tertiary/aromatic N) is 3. The zero-order valence-electron chi connectivity index (χ0n) is 10.8. The highest BCUT2D eigenvalue weighted by molar-refractivity contribution is 5.56. The first-order valence-electron chi connectivity index (χ1n) is 5.84. The van der Waals surface area contributed by atoms with Crippen LogP contribution in [-0.4, -0.2) is 40.9 Å². The molecule has 0 radical (unpaired) electrons. The molecule has 0 saturated heterocycles. The third-order valence-corrected chi connectivity index (χ3v) is 2.56. The van der Waals surface area contributed by atoms with Gasteiger partial charge in [-0.05, 0) is 6.92 Å². The highest BCUT2D eigenvalue weighted by atomic mass is 19.4. The minimum Gasteiger partial charge on any atom is -0.395 e. The maximum atomic E-state index is 12.5. The quantitative estimate of drug-likeness (QED) is 0.849. The summed E-state index contributed by atoms with van der Waals surface area (Å²) in [5.41, 5.74) is 6.06. The minimum absolute atomic E-state index is 0.121. The van der Waals surface area contributed by atoms with Gasteiger partial charge in [0.2, 0.25) is 0 Å². The Bertz CT molecular complexity index is 437. The summed E-state index contributed by atoms with van der Waals surface area (Å²) in [7, 11) is 0. The van der Waals surface area contributed by atoms with E-state index in [4.69, 9.17) is 10.8 Å². The van der Waals surface area contributed by atoms with Crippen LogP contribution in [0.4, 0.5) is 24.8 Å². The molecule has 5 nitrogen and oxygen atoms in total. The van der Waals surface area contributed by atoms with Gasteiger partial charge in [0.05, 0.1) is 6.61 Å². The van der Waals surface area contributed by atoms with Crippen LogP contribution in [0.3, 0.4) is 0 Å². The standard InChI is InChI=1S/C11H17F3N4O/c1-3-8-16-9(15)7(2)10(17-8)18(4-5-19)6-11(12,13)14/h19H,3-6H2,1-2H3,(H2,15,16,17). The first-order chi connectivity index (χ1) is 8.78. The Labute approximate surface area is 109 Å². The third-order valence-electron chi connectivity index (χ3n) is 2.56. The van der Waals surface area contributed by atoms with Gasteiger partial charge >= 0.3 is 6.18 Å². The number of anilines is 2. The molecule has 0 amide bonds. The van der Waals surface area contributed by atoms with E-state index < -0.39 is 19.3 Å². The number of aryl methyl sites for hydroxylation is 1. The lowest BCUT2D eigenvalue weighted by molar-refractivity contribution is -0.120. The second kappa shape index (κ2) is 6.05. The van der Waals surface area contributed by atoms with Gasteiger partial charge in [-0.1, -0.05) is 6.92 Å². The second-order valence-electron chi connectivity index (χ2n) is 4.09. The normalized spacial score (nSPS) is 11.7. The molecule has 0 aliphatic rings. The number of aliphatic hydroxyl groups is 1. The Morgan fingerprint density at radius 3 is 2.42 bits per heavy atom. The summed E-state index contributed by atoms with van der Waals surface area (Å²) in [5.74, 6) is 0.658. The van der Waals surface area contributed by atoms with Crippen LogP contribution < -0.4 is 10.6 Å². The molecule has 1 aromatic rings. The number of hydrogen-bond donors (Lipinski definition) is 2. The van der Waals surface area contributed by atoms with E-state index in [1.54, 1.807) is 13.8 Å². The van der Waals surface area contributed by atoms with Crippen molar-refractivity contribution in [2.24, 2.45) is 0 Å².